The highest BCUT2D eigenvalue weighted by Gasteiger charge is 2.49. The van der Waals surface area contributed by atoms with E-state index in [9.17, 15) is 4.79 Å². The Hall–Kier alpha value is -2.61. The van der Waals surface area contributed by atoms with Crippen molar-refractivity contribution in [1.82, 2.24) is 0 Å². The van der Waals surface area contributed by atoms with Gasteiger partial charge in [0.15, 0.2) is 5.78 Å². The molecule has 0 radical (unpaired) electrons. The molecule has 3 aromatic carbocycles. The number of para-hydroxylation sites is 1. The van der Waals surface area contributed by atoms with Crippen LogP contribution < -0.4 is 4.74 Å². The first-order valence-electron chi connectivity index (χ1n) is 9.87. The fourth-order valence-electron chi connectivity index (χ4n) is 5.51. The van der Waals surface area contributed by atoms with E-state index in [-0.39, 0.29) is 5.41 Å². The van der Waals surface area contributed by atoms with Crippen molar-refractivity contribution < 1.29 is 9.53 Å². The van der Waals surface area contributed by atoms with E-state index in [1.54, 1.807) is 0 Å². The lowest BCUT2D eigenvalue weighted by Gasteiger charge is -2.37. The van der Waals surface area contributed by atoms with Crippen molar-refractivity contribution in [3.05, 3.63) is 71.8 Å². The standard InChI is InChI=1S/C25H24O2/c1-16-12-21-20-13-23(27-17-8-4-3-5-9-17)18-10-6-7-11-19(18)24(20)22(26)15-25(21,2)14-16/h3-11,13,16,21H,12,14-15H2,1-2H3/t16-,21+,25+/m0/s1. The van der Waals surface area contributed by atoms with Crippen LogP contribution in [-0.2, 0) is 0 Å². The Balaban J connectivity index is 1.74. The van der Waals surface area contributed by atoms with E-state index in [0.717, 1.165) is 40.7 Å². The molecule has 0 N–H and O–H groups in total. The second-order valence-electron chi connectivity index (χ2n) is 8.65. The number of ketones is 1. The van der Waals surface area contributed by atoms with E-state index in [4.69, 9.17) is 4.74 Å². The number of Topliss-reactive ketones (excluding diaryl/α,β-unsaturated/α-hetero) is 1. The van der Waals surface area contributed by atoms with Gasteiger partial charge in [0.05, 0.1) is 0 Å². The number of carbonyl (C=O) groups is 1. The van der Waals surface area contributed by atoms with E-state index < -0.39 is 0 Å². The molecule has 2 nitrogen and oxygen atoms in total. The lowest BCUT2D eigenvalue weighted by atomic mass is 9.65. The molecule has 0 spiro atoms. The molecule has 136 valence electrons. The summed E-state index contributed by atoms with van der Waals surface area (Å²) >= 11 is 0. The first-order valence-corrected chi connectivity index (χ1v) is 9.87. The van der Waals surface area contributed by atoms with Crippen LogP contribution in [0.25, 0.3) is 10.8 Å². The highest BCUT2D eigenvalue weighted by molar-refractivity contribution is 6.12. The molecule has 2 heteroatoms. The van der Waals surface area contributed by atoms with Crippen LogP contribution in [0.2, 0.25) is 0 Å². The van der Waals surface area contributed by atoms with Crippen molar-refractivity contribution in [2.24, 2.45) is 11.3 Å². The molecule has 3 aromatic rings. The van der Waals surface area contributed by atoms with Crippen LogP contribution >= 0.6 is 0 Å². The molecule has 0 aliphatic heterocycles. The third-order valence-electron chi connectivity index (χ3n) is 6.52. The molecule has 0 bridgehead atoms. The minimum Gasteiger partial charge on any atom is -0.457 e. The fourth-order valence-corrected chi connectivity index (χ4v) is 5.51. The molecule has 1 saturated carbocycles. The van der Waals surface area contributed by atoms with Gasteiger partial charge < -0.3 is 4.74 Å². The number of hydrogen-bond acceptors (Lipinski definition) is 2. The third-order valence-corrected chi connectivity index (χ3v) is 6.52. The van der Waals surface area contributed by atoms with Crippen molar-refractivity contribution in [3.8, 4) is 11.5 Å². The summed E-state index contributed by atoms with van der Waals surface area (Å²) in [6.07, 6.45) is 2.95. The Morgan fingerprint density at radius 2 is 1.70 bits per heavy atom. The Labute approximate surface area is 160 Å². The normalized spacial score (nSPS) is 26.7. The van der Waals surface area contributed by atoms with Crippen molar-refractivity contribution >= 4 is 16.6 Å². The van der Waals surface area contributed by atoms with Crippen LogP contribution in [0.5, 0.6) is 11.5 Å². The molecule has 5 rings (SSSR count). The van der Waals surface area contributed by atoms with Crippen molar-refractivity contribution in [2.75, 3.05) is 0 Å². The molecule has 2 aliphatic rings. The van der Waals surface area contributed by atoms with Gasteiger partial charge in [0.2, 0.25) is 0 Å². The van der Waals surface area contributed by atoms with Crippen LogP contribution in [0.15, 0.2) is 60.7 Å². The Morgan fingerprint density at radius 1 is 1.00 bits per heavy atom. The SMILES string of the molecule is C[C@H]1C[C@@H]2c3cc(Oc4ccccc4)c4ccccc4c3C(=O)C[C@@]2(C)C1. The summed E-state index contributed by atoms with van der Waals surface area (Å²) in [7, 11) is 0. The first-order chi connectivity index (χ1) is 13.0. The maximum atomic E-state index is 13.2. The number of ether oxygens (including phenoxy) is 1. The molecule has 0 aromatic heterocycles. The van der Waals surface area contributed by atoms with Gasteiger partial charge in [0.1, 0.15) is 11.5 Å². The maximum absolute atomic E-state index is 13.2. The molecule has 0 saturated heterocycles. The van der Waals surface area contributed by atoms with E-state index in [0.29, 0.717) is 24.0 Å². The fraction of sp³-hybridized carbons (Fsp3) is 0.320. The van der Waals surface area contributed by atoms with Gasteiger partial charge in [-0.2, -0.15) is 0 Å². The third kappa shape index (κ3) is 2.58. The molecule has 3 atom stereocenters. The molecule has 1 fully saturated rings. The predicted octanol–water partition coefficient (Wildman–Crippen LogP) is 6.74. The van der Waals surface area contributed by atoms with Crippen molar-refractivity contribution in [1.29, 1.82) is 0 Å². The highest BCUT2D eigenvalue weighted by Crippen LogP contribution is 2.59. The van der Waals surface area contributed by atoms with E-state index in [1.807, 2.05) is 42.5 Å². The topological polar surface area (TPSA) is 26.3 Å². The molecule has 2 aliphatic carbocycles. The molecule has 0 heterocycles. The lowest BCUT2D eigenvalue weighted by molar-refractivity contribution is 0.0886. The summed E-state index contributed by atoms with van der Waals surface area (Å²) in [5.74, 6) is 3.06. The zero-order valence-electron chi connectivity index (χ0n) is 15.9. The Kier molecular flexibility index (Phi) is 3.65. The number of benzene rings is 3. The summed E-state index contributed by atoms with van der Waals surface area (Å²) in [4.78, 5) is 13.2. The minimum atomic E-state index is 0.0793. The van der Waals surface area contributed by atoms with Gasteiger partial charge in [-0.05, 0) is 59.2 Å². The number of rotatable bonds is 2. The summed E-state index contributed by atoms with van der Waals surface area (Å²) in [6, 6.07) is 20.2. The van der Waals surface area contributed by atoms with Crippen LogP contribution in [0, 0.1) is 11.3 Å². The van der Waals surface area contributed by atoms with E-state index >= 15 is 0 Å². The monoisotopic (exact) mass is 356 g/mol. The van der Waals surface area contributed by atoms with Crippen LogP contribution in [0.4, 0.5) is 0 Å². The van der Waals surface area contributed by atoms with Gasteiger partial charge in [-0.1, -0.05) is 56.3 Å². The summed E-state index contributed by atoms with van der Waals surface area (Å²) in [5, 5.41) is 2.05. The van der Waals surface area contributed by atoms with Gasteiger partial charge in [0.25, 0.3) is 0 Å². The molecule has 27 heavy (non-hydrogen) atoms. The highest BCUT2D eigenvalue weighted by atomic mass is 16.5. The zero-order valence-corrected chi connectivity index (χ0v) is 15.9. The smallest absolute Gasteiger partial charge is 0.164 e. The maximum Gasteiger partial charge on any atom is 0.164 e. The van der Waals surface area contributed by atoms with E-state index in [2.05, 4.69) is 32.0 Å². The second-order valence-corrected chi connectivity index (χ2v) is 8.65. The van der Waals surface area contributed by atoms with Gasteiger partial charge in [-0.3, -0.25) is 4.79 Å². The second kappa shape index (κ2) is 5.95. The van der Waals surface area contributed by atoms with Crippen LogP contribution in [0.1, 0.15) is 54.9 Å². The summed E-state index contributed by atoms with van der Waals surface area (Å²) < 4.78 is 6.29. The van der Waals surface area contributed by atoms with Crippen LogP contribution in [-0.4, -0.2) is 5.78 Å². The number of fused-ring (bicyclic) bond motifs is 5. The number of hydrogen-bond donors (Lipinski definition) is 0. The minimum absolute atomic E-state index is 0.0793. The Bertz CT molecular complexity index is 1040. The molecule has 0 unspecified atom stereocenters. The van der Waals surface area contributed by atoms with Gasteiger partial charge in [-0.25, -0.2) is 0 Å². The molecular formula is C25H24O2. The van der Waals surface area contributed by atoms with Crippen LogP contribution in [0.3, 0.4) is 0 Å². The zero-order chi connectivity index (χ0) is 18.6. The predicted molar refractivity (Wildman–Crippen MR) is 109 cm³/mol. The van der Waals surface area contributed by atoms with Gasteiger partial charge >= 0.3 is 0 Å². The van der Waals surface area contributed by atoms with Gasteiger partial charge in [-0.15, -0.1) is 0 Å². The van der Waals surface area contributed by atoms with Gasteiger partial charge in [0, 0.05) is 17.4 Å². The summed E-state index contributed by atoms with van der Waals surface area (Å²) in [5.41, 5.74) is 2.21. The Morgan fingerprint density at radius 3 is 2.48 bits per heavy atom. The largest absolute Gasteiger partial charge is 0.457 e. The molecular weight excluding hydrogens is 332 g/mol. The van der Waals surface area contributed by atoms with E-state index in [1.165, 1.54) is 5.56 Å². The first kappa shape index (κ1) is 16.6. The lowest BCUT2D eigenvalue weighted by Crippen LogP contribution is -2.30. The molecule has 0 amide bonds. The quantitative estimate of drug-likeness (QED) is 0.508. The average molecular weight is 356 g/mol. The average Bonchev–Trinajstić information content (AvgIpc) is 2.96. The summed E-state index contributed by atoms with van der Waals surface area (Å²) in [6.45, 7) is 4.62. The van der Waals surface area contributed by atoms with Crippen molar-refractivity contribution in [3.63, 3.8) is 0 Å². The number of carbonyl (C=O) groups excluding carboxylic acids is 1. The van der Waals surface area contributed by atoms with Crippen molar-refractivity contribution in [2.45, 2.75) is 39.0 Å².